The van der Waals surface area contributed by atoms with E-state index in [0.29, 0.717) is 0 Å². The molecule has 0 aliphatic carbocycles. The maximum Gasteiger partial charge on any atom is 0.0625 e. The first kappa shape index (κ1) is 7.24. The van der Waals surface area contributed by atoms with Gasteiger partial charge in [0.05, 0.1) is 18.8 Å². The van der Waals surface area contributed by atoms with Gasteiger partial charge in [-0.2, -0.15) is 5.10 Å². The number of nitrogens with zero attached hydrogens (tertiary/aromatic N) is 2. The molecule has 0 saturated heterocycles. The second-order valence-corrected chi connectivity index (χ2v) is 2.24. The molecule has 0 amide bonds. The fraction of sp³-hybridized carbons (Fsp3) is 0.500. The Morgan fingerprint density at radius 1 is 1.90 bits per heavy atom. The summed E-state index contributed by atoms with van der Waals surface area (Å²) < 4.78 is 1.66. The van der Waals surface area contributed by atoms with E-state index in [0.717, 1.165) is 5.56 Å². The van der Waals surface area contributed by atoms with E-state index in [1.807, 2.05) is 7.05 Å². The summed E-state index contributed by atoms with van der Waals surface area (Å²) in [4.78, 5) is 0. The first-order valence-corrected chi connectivity index (χ1v) is 3.09. The molecule has 1 atom stereocenters. The molecule has 0 bridgehead atoms. The molecule has 1 aromatic rings. The number of hydrogen-bond acceptors (Lipinski definition) is 3. The van der Waals surface area contributed by atoms with Gasteiger partial charge in [0.15, 0.2) is 0 Å². The number of aliphatic hydroxyl groups excluding tert-OH is 1. The zero-order chi connectivity index (χ0) is 7.56. The van der Waals surface area contributed by atoms with E-state index in [2.05, 4.69) is 5.10 Å². The van der Waals surface area contributed by atoms with Crippen molar-refractivity contribution in [1.82, 2.24) is 9.78 Å². The molecule has 0 radical (unpaired) electrons. The van der Waals surface area contributed by atoms with Gasteiger partial charge >= 0.3 is 0 Å². The monoisotopic (exact) mass is 141 g/mol. The van der Waals surface area contributed by atoms with Crippen molar-refractivity contribution in [1.29, 1.82) is 0 Å². The second kappa shape index (κ2) is 2.81. The van der Waals surface area contributed by atoms with Crippen LogP contribution in [0.2, 0.25) is 0 Å². The maximum absolute atomic E-state index is 8.64. The Labute approximate surface area is 59.3 Å². The molecule has 56 valence electrons. The highest BCUT2D eigenvalue weighted by Gasteiger charge is 2.04. The van der Waals surface area contributed by atoms with E-state index < -0.39 is 0 Å². The normalized spacial score (nSPS) is 13.5. The van der Waals surface area contributed by atoms with Gasteiger partial charge in [0.2, 0.25) is 0 Å². The summed E-state index contributed by atoms with van der Waals surface area (Å²) in [6.07, 6.45) is 3.45. The summed E-state index contributed by atoms with van der Waals surface area (Å²) in [5.74, 6) is 0. The number of aryl methyl sites for hydroxylation is 1. The molecule has 0 aromatic carbocycles. The molecule has 1 rings (SSSR count). The lowest BCUT2D eigenvalue weighted by Gasteiger charge is -2.01. The minimum atomic E-state index is -0.298. The number of rotatable bonds is 2. The van der Waals surface area contributed by atoms with Gasteiger partial charge in [-0.15, -0.1) is 0 Å². The minimum absolute atomic E-state index is 0.0360. The third-order valence-corrected chi connectivity index (χ3v) is 1.35. The lowest BCUT2D eigenvalue weighted by atomic mass is 10.2. The van der Waals surface area contributed by atoms with Crippen LogP contribution >= 0.6 is 0 Å². The van der Waals surface area contributed by atoms with E-state index in [1.165, 1.54) is 0 Å². The highest BCUT2D eigenvalue weighted by atomic mass is 16.3. The lowest BCUT2D eigenvalue weighted by molar-refractivity contribution is 0.268. The Hall–Kier alpha value is -0.870. The van der Waals surface area contributed by atoms with Crippen molar-refractivity contribution >= 4 is 0 Å². The first-order valence-electron chi connectivity index (χ1n) is 3.09. The number of aliphatic hydroxyl groups is 1. The Bertz CT molecular complexity index is 209. The van der Waals surface area contributed by atoms with Crippen LogP contribution in [0.1, 0.15) is 11.6 Å². The van der Waals surface area contributed by atoms with Crippen LogP contribution in [0, 0.1) is 0 Å². The van der Waals surface area contributed by atoms with Crippen molar-refractivity contribution in [3.8, 4) is 0 Å². The average molecular weight is 141 g/mol. The Morgan fingerprint density at radius 2 is 2.60 bits per heavy atom. The molecule has 1 aromatic heterocycles. The van der Waals surface area contributed by atoms with Crippen LogP contribution in [-0.4, -0.2) is 21.5 Å². The topological polar surface area (TPSA) is 64.1 Å². The van der Waals surface area contributed by atoms with Crippen LogP contribution in [0.5, 0.6) is 0 Å². The van der Waals surface area contributed by atoms with Crippen molar-refractivity contribution in [3.05, 3.63) is 18.0 Å². The van der Waals surface area contributed by atoms with Gasteiger partial charge in [-0.05, 0) is 0 Å². The number of aromatic nitrogens is 2. The lowest BCUT2D eigenvalue weighted by Crippen LogP contribution is -2.13. The summed E-state index contributed by atoms with van der Waals surface area (Å²) >= 11 is 0. The van der Waals surface area contributed by atoms with Gasteiger partial charge in [0.25, 0.3) is 0 Å². The standard InChI is InChI=1S/C6H11N3O/c1-9-3-5(2-8-9)6(7)4-10/h2-3,6,10H,4,7H2,1H3/t6-/m0/s1. The number of hydrogen-bond donors (Lipinski definition) is 2. The van der Waals surface area contributed by atoms with E-state index in [1.54, 1.807) is 17.1 Å². The molecule has 4 heteroatoms. The Balaban J connectivity index is 2.74. The highest BCUT2D eigenvalue weighted by Crippen LogP contribution is 2.05. The fourth-order valence-electron chi connectivity index (χ4n) is 0.737. The highest BCUT2D eigenvalue weighted by molar-refractivity contribution is 5.08. The smallest absolute Gasteiger partial charge is 0.0625 e. The fourth-order valence-corrected chi connectivity index (χ4v) is 0.737. The van der Waals surface area contributed by atoms with Gasteiger partial charge in [-0.1, -0.05) is 0 Å². The zero-order valence-corrected chi connectivity index (χ0v) is 5.86. The molecule has 0 spiro atoms. The average Bonchev–Trinajstić information content (AvgIpc) is 2.34. The van der Waals surface area contributed by atoms with E-state index in [-0.39, 0.29) is 12.6 Å². The Kier molecular flexibility index (Phi) is 2.03. The Morgan fingerprint density at radius 3 is 3.00 bits per heavy atom. The SMILES string of the molecule is Cn1cc([C@@H](N)CO)cn1. The van der Waals surface area contributed by atoms with Crippen molar-refractivity contribution in [2.45, 2.75) is 6.04 Å². The van der Waals surface area contributed by atoms with Crippen molar-refractivity contribution in [3.63, 3.8) is 0 Å². The van der Waals surface area contributed by atoms with Gasteiger partial charge in [-0.25, -0.2) is 0 Å². The van der Waals surface area contributed by atoms with Crippen LogP contribution in [0.4, 0.5) is 0 Å². The van der Waals surface area contributed by atoms with E-state index in [9.17, 15) is 0 Å². The maximum atomic E-state index is 8.64. The van der Waals surface area contributed by atoms with Crippen molar-refractivity contribution in [2.24, 2.45) is 12.8 Å². The largest absolute Gasteiger partial charge is 0.394 e. The molecule has 4 nitrogen and oxygen atoms in total. The van der Waals surface area contributed by atoms with Gasteiger partial charge in [0.1, 0.15) is 0 Å². The zero-order valence-electron chi connectivity index (χ0n) is 5.86. The second-order valence-electron chi connectivity index (χ2n) is 2.24. The van der Waals surface area contributed by atoms with E-state index >= 15 is 0 Å². The molecule has 0 fully saturated rings. The summed E-state index contributed by atoms with van der Waals surface area (Å²) in [5.41, 5.74) is 6.37. The third kappa shape index (κ3) is 1.34. The molecule has 0 saturated carbocycles. The van der Waals surface area contributed by atoms with Crippen LogP contribution in [0.3, 0.4) is 0 Å². The molecule has 0 aliphatic heterocycles. The summed E-state index contributed by atoms with van der Waals surface area (Å²) in [5, 5.41) is 12.5. The molecule has 0 aliphatic rings. The molecule has 3 N–H and O–H groups in total. The molecule has 1 heterocycles. The van der Waals surface area contributed by atoms with Gasteiger partial charge < -0.3 is 10.8 Å². The number of nitrogens with two attached hydrogens (primary N) is 1. The van der Waals surface area contributed by atoms with Crippen LogP contribution < -0.4 is 5.73 Å². The third-order valence-electron chi connectivity index (χ3n) is 1.35. The van der Waals surface area contributed by atoms with Crippen LogP contribution in [-0.2, 0) is 7.05 Å². The van der Waals surface area contributed by atoms with Gasteiger partial charge in [0, 0.05) is 18.8 Å². The van der Waals surface area contributed by atoms with Crippen LogP contribution in [0.25, 0.3) is 0 Å². The molecule has 0 unspecified atom stereocenters. The van der Waals surface area contributed by atoms with Crippen molar-refractivity contribution < 1.29 is 5.11 Å². The summed E-state index contributed by atoms with van der Waals surface area (Å²) in [6, 6.07) is -0.298. The van der Waals surface area contributed by atoms with Crippen LogP contribution in [0.15, 0.2) is 12.4 Å². The summed E-state index contributed by atoms with van der Waals surface area (Å²) in [6.45, 7) is -0.0360. The molecule has 10 heavy (non-hydrogen) atoms. The summed E-state index contributed by atoms with van der Waals surface area (Å²) in [7, 11) is 1.81. The predicted octanol–water partition coefficient (Wildman–Crippen LogP) is -0.588. The van der Waals surface area contributed by atoms with Crippen molar-refractivity contribution in [2.75, 3.05) is 6.61 Å². The first-order chi connectivity index (χ1) is 4.74. The molecular formula is C6H11N3O. The molecular weight excluding hydrogens is 130 g/mol. The quantitative estimate of drug-likeness (QED) is 0.578. The minimum Gasteiger partial charge on any atom is -0.394 e. The van der Waals surface area contributed by atoms with E-state index in [4.69, 9.17) is 10.8 Å². The predicted molar refractivity (Wildman–Crippen MR) is 37.2 cm³/mol. The van der Waals surface area contributed by atoms with Gasteiger partial charge in [-0.3, -0.25) is 4.68 Å².